The van der Waals surface area contributed by atoms with Crippen LogP contribution in [0.1, 0.15) is 5.89 Å². The van der Waals surface area contributed by atoms with Gasteiger partial charge in [-0.25, -0.2) is 4.39 Å². The van der Waals surface area contributed by atoms with Gasteiger partial charge in [-0.1, -0.05) is 0 Å². The Kier molecular flexibility index (Phi) is 5.77. The fourth-order valence-corrected chi connectivity index (χ4v) is 2.53. The molecule has 0 atom stereocenters. The van der Waals surface area contributed by atoms with E-state index in [0.29, 0.717) is 22.8 Å². The summed E-state index contributed by atoms with van der Waals surface area (Å²) in [5, 5.41) is 18.8. The number of nitro benzene ring substituents is 1. The maximum Gasteiger partial charge on any atom is 0.311 e. The lowest BCUT2D eigenvalue weighted by atomic mass is 10.2. The number of halogens is 1. The number of methoxy groups -OCH3 is 3. The van der Waals surface area contributed by atoms with Crippen LogP contribution in [-0.2, 0) is 6.61 Å². The van der Waals surface area contributed by atoms with E-state index in [1.54, 1.807) is 12.1 Å². The van der Waals surface area contributed by atoms with Crippen LogP contribution >= 0.6 is 0 Å². The van der Waals surface area contributed by atoms with Crippen molar-refractivity contribution in [2.75, 3.05) is 21.3 Å². The van der Waals surface area contributed by atoms with Crippen LogP contribution in [0.25, 0.3) is 11.5 Å². The highest BCUT2D eigenvalue weighted by Gasteiger charge is 2.19. The molecule has 3 aromatic rings. The number of hydrogen-bond acceptors (Lipinski definition) is 9. The van der Waals surface area contributed by atoms with E-state index in [1.165, 1.54) is 21.3 Å². The number of nitro groups is 1. The molecule has 0 saturated carbocycles. The van der Waals surface area contributed by atoms with Crippen molar-refractivity contribution < 1.29 is 32.7 Å². The van der Waals surface area contributed by atoms with E-state index in [9.17, 15) is 14.5 Å². The number of nitrogens with zero attached hydrogens (tertiary/aromatic N) is 3. The smallest absolute Gasteiger partial charge is 0.311 e. The van der Waals surface area contributed by atoms with Crippen LogP contribution in [0.2, 0.25) is 0 Å². The molecule has 1 aromatic heterocycles. The monoisotopic (exact) mass is 405 g/mol. The molecule has 3 rings (SSSR count). The number of aromatic nitrogens is 2. The summed E-state index contributed by atoms with van der Waals surface area (Å²) in [5.74, 6) is 0.447. The van der Waals surface area contributed by atoms with Crippen LogP contribution < -0.4 is 18.9 Å². The molecule has 0 spiro atoms. The first-order valence-electron chi connectivity index (χ1n) is 8.16. The van der Waals surface area contributed by atoms with Gasteiger partial charge in [0, 0.05) is 17.7 Å². The number of ether oxygens (including phenoxy) is 4. The molecule has 29 heavy (non-hydrogen) atoms. The van der Waals surface area contributed by atoms with Crippen molar-refractivity contribution in [3.63, 3.8) is 0 Å². The third-order valence-electron chi connectivity index (χ3n) is 3.85. The summed E-state index contributed by atoms with van der Waals surface area (Å²) in [6.45, 7) is -0.290. The lowest BCUT2D eigenvalue weighted by molar-refractivity contribution is -0.386. The molecule has 0 saturated heterocycles. The molecule has 0 aliphatic heterocycles. The van der Waals surface area contributed by atoms with E-state index in [4.69, 9.17) is 23.4 Å². The molecule has 11 heteroatoms. The van der Waals surface area contributed by atoms with Gasteiger partial charge in [0.25, 0.3) is 5.89 Å². The van der Waals surface area contributed by atoms with E-state index < -0.39 is 10.7 Å². The van der Waals surface area contributed by atoms with E-state index in [1.807, 2.05) is 0 Å². The van der Waals surface area contributed by atoms with Crippen molar-refractivity contribution in [2.45, 2.75) is 6.61 Å². The highest BCUT2D eigenvalue weighted by Crippen LogP contribution is 2.41. The zero-order valence-corrected chi connectivity index (χ0v) is 15.7. The van der Waals surface area contributed by atoms with Crippen molar-refractivity contribution in [1.82, 2.24) is 10.2 Å². The summed E-state index contributed by atoms with van der Waals surface area (Å²) >= 11 is 0. The molecule has 0 N–H and O–H groups in total. The Balaban J connectivity index is 1.84. The van der Waals surface area contributed by atoms with Crippen LogP contribution in [0.3, 0.4) is 0 Å². The molecular formula is C18H16FN3O7. The summed E-state index contributed by atoms with van der Waals surface area (Å²) in [6, 6.07) is 6.14. The number of hydrogen-bond donors (Lipinski definition) is 0. The molecule has 152 valence electrons. The zero-order chi connectivity index (χ0) is 21.0. The first kappa shape index (κ1) is 19.9. The van der Waals surface area contributed by atoms with Gasteiger partial charge in [-0.3, -0.25) is 10.1 Å². The predicted octanol–water partition coefficient (Wildman–Crippen LogP) is 3.39. The third-order valence-corrected chi connectivity index (χ3v) is 3.85. The van der Waals surface area contributed by atoms with Gasteiger partial charge in [0.2, 0.25) is 17.4 Å². The molecule has 0 fully saturated rings. The first-order valence-corrected chi connectivity index (χ1v) is 8.16. The molecule has 0 aliphatic carbocycles. The second-order valence-electron chi connectivity index (χ2n) is 5.57. The highest BCUT2D eigenvalue weighted by atomic mass is 19.1. The van der Waals surface area contributed by atoms with Crippen molar-refractivity contribution in [3.05, 3.63) is 52.2 Å². The van der Waals surface area contributed by atoms with E-state index in [2.05, 4.69) is 10.2 Å². The Labute approximate surface area is 163 Å². The summed E-state index contributed by atoms with van der Waals surface area (Å²) < 4.78 is 40.0. The van der Waals surface area contributed by atoms with Gasteiger partial charge in [0.1, 0.15) is 5.82 Å². The van der Waals surface area contributed by atoms with Gasteiger partial charge in [-0.15, -0.1) is 10.2 Å². The lowest BCUT2D eigenvalue weighted by Crippen LogP contribution is -2.00. The fraction of sp³-hybridized carbons (Fsp3) is 0.222. The van der Waals surface area contributed by atoms with Gasteiger partial charge >= 0.3 is 5.69 Å². The van der Waals surface area contributed by atoms with E-state index >= 15 is 0 Å². The fourth-order valence-electron chi connectivity index (χ4n) is 2.53. The second-order valence-corrected chi connectivity index (χ2v) is 5.57. The standard InChI is InChI=1S/C18H16FN3O7/c1-25-14-6-10(7-15(26-2)17(14)27-3)18-21-20-16(29-18)9-28-13-8-11(19)4-5-12(13)22(23)24/h4-8H,9H2,1-3H3. The zero-order valence-electron chi connectivity index (χ0n) is 15.7. The normalized spacial score (nSPS) is 10.5. The van der Waals surface area contributed by atoms with Crippen LogP contribution in [0, 0.1) is 15.9 Å². The maximum atomic E-state index is 13.4. The average molecular weight is 405 g/mol. The highest BCUT2D eigenvalue weighted by molar-refractivity contribution is 5.65. The predicted molar refractivity (Wildman–Crippen MR) is 96.8 cm³/mol. The number of benzene rings is 2. The lowest BCUT2D eigenvalue weighted by Gasteiger charge is -2.12. The van der Waals surface area contributed by atoms with E-state index in [-0.39, 0.29) is 29.8 Å². The molecule has 1 heterocycles. The second kappa shape index (κ2) is 8.42. The minimum atomic E-state index is -0.677. The van der Waals surface area contributed by atoms with Gasteiger partial charge in [-0.05, 0) is 18.2 Å². The Morgan fingerprint density at radius 3 is 2.31 bits per heavy atom. The summed E-state index contributed by atoms with van der Waals surface area (Å²) in [4.78, 5) is 10.3. The van der Waals surface area contributed by atoms with Crippen molar-refractivity contribution in [3.8, 4) is 34.5 Å². The van der Waals surface area contributed by atoms with Gasteiger partial charge < -0.3 is 23.4 Å². The van der Waals surface area contributed by atoms with E-state index in [0.717, 1.165) is 18.2 Å². The van der Waals surface area contributed by atoms with Gasteiger partial charge in [0.15, 0.2) is 18.1 Å². The topological polar surface area (TPSA) is 119 Å². The SMILES string of the molecule is COc1cc(-c2nnc(COc3cc(F)ccc3[N+](=O)[O-])o2)cc(OC)c1OC. The molecule has 10 nitrogen and oxygen atoms in total. The Hall–Kier alpha value is -3.89. The molecule has 0 radical (unpaired) electrons. The van der Waals surface area contributed by atoms with Crippen LogP contribution in [0.15, 0.2) is 34.7 Å². The summed E-state index contributed by atoms with van der Waals surface area (Å²) in [6.07, 6.45) is 0. The molecule has 0 aliphatic rings. The quantitative estimate of drug-likeness (QED) is 0.410. The van der Waals surface area contributed by atoms with Crippen molar-refractivity contribution >= 4 is 5.69 Å². The van der Waals surface area contributed by atoms with Gasteiger partial charge in [-0.2, -0.15) is 0 Å². The summed E-state index contributed by atoms with van der Waals surface area (Å²) in [5.41, 5.74) is 0.116. The third kappa shape index (κ3) is 4.18. The molecule has 0 bridgehead atoms. The first-order chi connectivity index (χ1) is 14.0. The minimum Gasteiger partial charge on any atom is -0.493 e. The largest absolute Gasteiger partial charge is 0.493 e. The Morgan fingerprint density at radius 2 is 1.72 bits per heavy atom. The molecule has 0 unspecified atom stereocenters. The van der Waals surface area contributed by atoms with Crippen LogP contribution in [-0.4, -0.2) is 36.5 Å². The van der Waals surface area contributed by atoms with Crippen molar-refractivity contribution in [2.24, 2.45) is 0 Å². The molecular weight excluding hydrogens is 389 g/mol. The van der Waals surface area contributed by atoms with Crippen LogP contribution in [0.4, 0.5) is 10.1 Å². The van der Waals surface area contributed by atoms with Gasteiger partial charge in [0.05, 0.1) is 26.3 Å². The van der Waals surface area contributed by atoms with Crippen LogP contribution in [0.5, 0.6) is 23.0 Å². The number of rotatable bonds is 8. The molecule has 0 amide bonds. The Bertz CT molecular complexity index is 1010. The average Bonchev–Trinajstić information content (AvgIpc) is 3.20. The molecule has 2 aromatic carbocycles. The minimum absolute atomic E-state index is 0.0345. The maximum absolute atomic E-state index is 13.4. The Morgan fingerprint density at radius 1 is 1.03 bits per heavy atom. The van der Waals surface area contributed by atoms with Crippen molar-refractivity contribution in [1.29, 1.82) is 0 Å². The summed E-state index contributed by atoms with van der Waals surface area (Å²) in [7, 11) is 4.42.